The van der Waals surface area contributed by atoms with Crippen LogP contribution in [0.5, 0.6) is 0 Å². The summed E-state index contributed by atoms with van der Waals surface area (Å²) in [4.78, 5) is 4.83. The topological polar surface area (TPSA) is 6.48 Å². The highest BCUT2D eigenvalue weighted by Crippen LogP contribution is 2.11. The Morgan fingerprint density at radius 3 is 1.91 bits per heavy atom. The molecule has 2 aromatic rings. The lowest BCUT2D eigenvalue weighted by Crippen LogP contribution is -2.35. The summed E-state index contributed by atoms with van der Waals surface area (Å²) in [6.07, 6.45) is 1.09. The van der Waals surface area contributed by atoms with Gasteiger partial charge >= 0.3 is 0 Å². The fourth-order valence-electron chi connectivity index (χ4n) is 2.84. The molecule has 23 heavy (non-hydrogen) atoms. The van der Waals surface area contributed by atoms with Crippen LogP contribution in [0.2, 0.25) is 0 Å². The Morgan fingerprint density at radius 2 is 1.39 bits per heavy atom. The molecule has 0 bridgehead atoms. The van der Waals surface area contributed by atoms with Crippen LogP contribution in [0.3, 0.4) is 0 Å². The van der Waals surface area contributed by atoms with Gasteiger partial charge in [-0.15, -0.1) is 0 Å². The fraction of sp³-hybridized carbons (Fsp3) is 0.381. The molecule has 1 unspecified atom stereocenters. The van der Waals surface area contributed by atoms with Crippen molar-refractivity contribution in [3.63, 3.8) is 0 Å². The molecular weight excluding hydrogens is 280 g/mol. The maximum atomic E-state index is 4.38. The van der Waals surface area contributed by atoms with Crippen LogP contribution in [0.1, 0.15) is 24.5 Å². The first-order chi connectivity index (χ1) is 11.2. The molecule has 0 saturated heterocycles. The molecule has 0 saturated carbocycles. The molecule has 0 aliphatic carbocycles. The van der Waals surface area contributed by atoms with Gasteiger partial charge in [0.25, 0.3) is 0 Å². The lowest BCUT2D eigenvalue weighted by Gasteiger charge is -2.29. The third-order valence-electron chi connectivity index (χ3n) is 4.29. The Hall–Kier alpha value is -1.64. The summed E-state index contributed by atoms with van der Waals surface area (Å²) in [5, 5.41) is 0. The molecule has 0 fully saturated rings. The van der Waals surface area contributed by atoms with Crippen molar-refractivity contribution >= 4 is 0 Å². The standard InChI is InChI=1S/C21H29N2/c1-4-23(18-21-13-9-6-10-14-21)19(2)15-16-22(3)17-20-11-7-5-8-12-20/h5-14,19H,2,4,15-18H2,1,3H3. The van der Waals surface area contributed by atoms with Crippen molar-refractivity contribution in [3.8, 4) is 0 Å². The molecule has 1 atom stereocenters. The minimum Gasteiger partial charge on any atom is -0.302 e. The second-order valence-electron chi connectivity index (χ2n) is 6.21. The fourth-order valence-corrected chi connectivity index (χ4v) is 2.84. The van der Waals surface area contributed by atoms with E-state index in [9.17, 15) is 0 Å². The van der Waals surface area contributed by atoms with Gasteiger partial charge in [-0.3, -0.25) is 4.90 Å². The van der Waals surface area contributed by atoms with E-state index in [-0.39, 0.29) is 0 Å². The largest absolute Gasteiger partial charge is 0.302 e. The molecule has 0 amide bonds. The van der Waals surface area contributed by atoms with Crippen molar-refractivity contribution < 1.29 is 0 Å². The number of rotatable bonds is 9. The predicted octanol–water partition coefficient (Wildman–Crippen LogP) is 4.23. The van der Waals surface area contributed by atoms with E-state index in [2.05, 4.69) is 91.4 Å². The lowest BCUT2D eigenvalue weighted by molar-refractivity contribution is 0.198. The van der Waals surface area contributed by atoms with E-state index in [1.165, 1.54) is 11.1 Å². The second-order valence-corrected chi connectivity index (χ2v) is 6.21. The van der Waals surface area contributed by atoms with Gasteiger partial charge in [-0.1, -0.05) is 67.6 Å². The number of hydrogen-bond acceptors (Lipinski definition) is 2. The molecule has 2 nitrogen and oxygen atoms in total. The molecule has 0 spiro atoms. The highest BCUT2D eigenvalue weighted by molar-refractivity contribution is 5.15. The summed E-state index contributed by atoms with van der Waals surface area (Å²) in [6.45, 7) is 10.7. The van der Waals surface area contributed by atoms with Crippen molar-refractivity contribution in [1.82, 2.24) is 9.80 Å². The van der Waals surface area contributed by atoms with Crippen LogP contribution in [0, 0.1) is 6.92 Å². The third kappa shape index (κ3) is 6.17. The van der Waals surface area contributed by atoms with Crippen molar-refractivity contribution in [1.29, 1.82) is 0 Å². The molecule has 2 aromatic carbocycles. The summed E-state index contributed by atoms with van der Waals surface area (Å²) in [5.41, 5.74) is 2.73. The first-order valence-electron chi connectivity index (χ1n) is 8.52. The van der Waals surface area contributed by atoms with E-state index >= 15 is 0 Å². The zero-order chi connectivity index (χ0) is 16.5. The van der Waals surface area contributed by atoms with Gasteiger partial charge in [0.1, 0.15) is 0 Å². The van der Waals surface area contributed by atoms with Crippen molar-refractivity contribution in [2.24, 2.45) is 0 Å². The molecule has 0 aliphatic rings. The Balaban J connectivity index is 1.79. The molecular formula is C21H29N2. The zero-order valence-electron chi connectivity index (χ0n) is 14.5. The van der Waals surface area contributed by atoms with Crippen molar-refractivity contribution in [3.05, 3.63) is 78.7 Å². The summed E-state index contributed by atoms with van der Waals surface area (Å²) in [5.74, 6) is 0. The number of benzene rings is 2. The van der Waals surface area contributed by atoms with Gasteiger partial charge in [-0.25, -0.2) is 0 Å². The summed E-state index contributed by atoms with van der Waals surface area (Å²) in [6, 6.07) is 21.7. The zero-order valence-corrected chi connectivity index (χ0v) is 14.5. The second kappa shape index (κ2) is 9.49. The maximum absolute atomic E-state index is 4.38. The molecule has 0 N–H and O–H groups in total. The Morgan fingerprint density at radius 1 is 0.870 bits per heavy atom. The third-order valence-corrected chi connectivity index (χ3v) is 4.29. The monoisotopic (exact) mass is 309 g/mol. The molecule has 2 rings (SSSR count). The Bertz CT molecular complexity index is 538. The molecule has 0 heterocycles. The maximum Gasteiger partial charge on any atom is 0.0236 e. The van der Waals surface area contributed by atoms with E-state index in [1.807, 2.05) is 0 Å². The SMILES string of the molecule is [CH2]C(CCN(C)Cc1ccccc1)N(CC)Cc1ccccc1. The summed E-state index contributed by atoms with van der Waals surface area (Å²) in [7, 11) is 2.19. The molecule has 2 heteroatoms. The van der Waals surface area contributed by atoms with Crippen LogP contribution in [0.4, 0.5) is 0 Å². The minimum atomic E-state index is 0.346. The van der Waals surface area contributed by atoms with Crippen molar-refractivity contribution in [2.75, 3.05) is 20.1 Å². The smallest absolute Gasteiger partial charge is 0.0236 e. The number of nitrogens with zero attached hydrogens (tertiary/aromatic N) is 2. The van der Waals surface area contributed by atoms with Gasteiger partial charge in [0.15, 0.2) is 0 Å². The van der Waals surface area contributed by atoms with E-state index in [0.29, 0.717) is 6.04 Å². The molecule has 0 aliphatic heterocycles. The van der Waals surface area contributed by atoms with Crippen LogP contribution in [0.25, 0.3) is 0 Å². The van der Waals surface area contributed by atoms with Crippen LogP contribution in [-0.2, 0) is 13.1 Å². The average molecular weight is 309 g/mol. The summed E-state index contributed by atoms with van der Waals surface area (Å²) >= 11 is 0. The van der Waals surface area contributed by atoms with Gasteiger partial charge in [-0.2, -0.15) is 0 Å². The van der Waals surface area contributed by atoms with Gasteiger partial charge in [-0.05, 0) is 44.6 Å². The first kappa shape index (κ1) is 17.7. The highest BCUT2D eigenvalue weighted by atomic mass is 15.2. The van der Waals surface area contributed by atoms with E-state index in [0.717, 1.165) is 32.6 Å². The van der Waals surface area contributed by atoms with E-state index in [4.69, 9.17) is 0 Å². The molecule has 1 radical (unpaired) electrons. The van der Waals surface area contributed by atoms with Gasteiger partial charge in [0.05, 0.1) is 0 Å². The first-order valence-corrected chi connectivity index (χ1v) is 8.52. The van der Waals surface area contributed by atoms with E-state index < -0.39 is 0 Å². The molecule has 0 aromatic heterocycles. The number of hydrogen-bond donors (Lipinski definition) is 0. The predicted molar refractivity (Wildman–Crippen MR) is 99.1 cm³/mol. The molecule has 123 valence electrons. The van der Waals surface area contributed by atoms with Gasteiger partial charge in [0, 0.05) is 19.1 Å². The Labute approximate surface area is 141 Å². The normalized spacial score (nSPS) is 12.7. The van der Waals surface area contributed by atoms with Crippen LogP contribution >= 0.6 is 0 Å². The van der Waals surface area contributed by atoms with Crippen LogP contribution in [0.15, 0.2) is 60.7 Å². The average Bonchev–Trinajstić information content (AvgIpc) is 2.59. The minimum absolute atomic E-state index is 0.346. The lowest BCUT2D eigenvalue weighted by atomic mass is 10.1. The van der Waals surface area contributed by atoms with Gasteiger partial charge < -0.3 is 4.90 Å². The summed E-state index contributed by atoms with van der Waals surface area (Å²) < 4.78 is 0. The van der Waals surface area contributed by atoms with Crippen LogP contribution in [-0.4, -0.2) is 36.0 Å². The Kier molecular flexibility index (Phi) is 7.31. The highest BCUT2D eigenvalue weighted by Gasteiger charge is 2.13. The quantitative estimate of drug-likeness (QED) is 0.684. The van der Waals surface area contributed by atoms with Crippen LogP contribution < -0.4 is 0 Å². The van der Waals surface area contributed by atoms with E-state index in [1.54, 1.807) is 0 Å². The van der Waals surface area contributed by atoms with Gasteiger partial charge in [0.2, 0.25) is 0 Å². The van der Waals surface area contributed by atoms with Crippen molar-refractivity contribution in [2.45, 2.75) is 32.5 Å².